The molecule has 0 heterocycles. The first-order valence-corrected chi connectivity index (χ1v) is 10.2. The number of benzene rings is 2. The molecular weight excluding hydrogens is 376 g/mol. The highest BCUT2D eigenvalue weighted by atomic mass is 16.5. The van der Waals surface area contributed by atoms with Crippen molar-refractivity contribution in [2.24, 2.45) is 16.2 Å². The van der Waals surface area contributed by atoms with E-state index in [0.717, 1.165) is 22.3 Å². The van der Waals surface area contributed by atoms with Crippen molar-refractivity contribution in [1.29, 1.82) is 0 Å². The van der Waals surface area contributed by atoms with Crippen molar-refractivity contribution >= 4 is 17.5 Å². The molecular formula is C26H28O4. The molecule has 3 unspecified atom stereocenters. The highest BCUT2D eigenvalue weighted by molar-refractivity contribution is 6.17. The Morgan fingerprint density at radius 3 is 1.73 bits per heavy atom. The third-order valence-corrected chi connectivity index (χ3v) is 7.56. The second kappa shape index (κ2) is 6.31. The monoisotopic (exact) mass is 404 g/mol. The van der Waals surface area contributed by atoms with Gasteiger partial charge in [-0.3, -0.25) is 9.59 Å². The van der Waals surface area contributed by atoms with Crippen LogP contribution >= 0.6 is 0 Å². The number of rotatable bonds is 5. The molecule has 0 spiro atoms. The van der Waals surface area contributed by atoms with Crippen LogP contribution in [0.1, 0.15) is 38.8 Å². The van der Waals surface area contributed by atoms with Crippen LogP contribution in [0, 0.1) is 16.2 Å². The number of carbonyl (C=O) groups excluding carboxylic acids is 2. The Morgan fingerprint density at radius 1 is 0.767 bits per heavy atom. The minimum Gasteiger partial charge on any atom is -0.469 e. The molecule has 4 heteroatoms. The Bertz CT molecular complexity index is 1050. The van der Waals surface area contributed by atoms with Gasteiger partial charge >= 0.3 is 11.9 Å². The van der Waals surface area contributed by atoms with E-state index in [4.69, 9.17) is 9.47 Å². The molecule has 4 rings (SSSR count). The van der Waals surface area contributed by atoms with Gasteiger partial charge in [-0.05, 0) is 36.0 Å². The summed E-state index contributed by atoms with van der Waals surface area (Å²) in [4.78, 5) is 27.2. The third kappa shape index (κ3) is 1.80. The third-order valence-electron chi connectivity index (χ3n) is 7.56. The predicted octanol–water partition coefficient (Wildman–Crippen LogP) is 4.79. The molecule has 0 amide bonds. The zero-order valence-electron chi connectivity index (χ0n) is 18.4. The van der Waals surface area contributed by atoms with Crippen LogP contribution in [0.4, 0.5) is 0 Å². The Morgan fingerprint density at radius 2 is 1.27 bits per heavy atom. The fraction of sp³-hybridized carbons (Fsp3) is 0.385. The van der Waals surface area contributed by atoms with Crippen molar-refractivity contribution < 1.29 is 19.1 Å². The van der Waals surface area contributed by atoms with Crippen LogP contribution in [-0.4, -0.2) is 26.2 Å². The number of fused-ring (bicyclic) bond motifs is 1. The molecule has 0 aliphatic heterocycles. The fourth-order valence-corrected chi connectivity index (χ4v) is 6.93. The summed E-state index contributed by atoms with van der Waals surface area (Å²) >= 11 is 0. The van der Waals surface area contributed by atoms with E-state index in [1.54, 1.807) is 0 Å². The van der Waals surface area contributed by atoms with E-state index in [2.05, 4.69) is 0 Å². The van der Waals surface area contributed by atoms with Crippen LogP contribution in [0.3, 0.4) is 0 Å². The van der Waals surface area contributed by atoms with Crippen molar-refractivity contribution in [2.45, 2.75) is 33.1 Å². The average Bonchev–Trinajstić information content (AvgIpc) is 3.53. The second-order valence-corrected chi connectivity index (χ2v) is 8.97. The lowest BCUT2D eigenvalue weighted by Crippen LogP contribution is -2.45. The molecule has 2 aromatic carbocycles. The molecule has 3 atom stereocenters. The number of hydrogen-bond donors (Lipinski definition) is 0. The number of ether oxygens (including phenoxy) is 2. The second-order valence-electron chi connectivity index (χ2n) is 8.97. The van der Waals surface area contributed by atoms with Gasteiger partial charge in [-0.15, -0.1) is 0 Å². The molecule has 0 saturated heterocycles. The lowest BCUT2D eigenvalue weighted by Gasteiger charge is -2.39. The van der Waals surface area contributed by atoms with Crippen LogP contribution in [0.5, 0.6) is 0 Å². The van der Waals surface area contributed by atoms with Crippen LogP contribution < -0.4 is 0 Å². The average molecular weight is 405 g/mol. The molecule has 0 N–H and O–H groups in total. The number of esters is 2. The van der Waals surface area contributed by atoms with Crippen LogP contribution in [0.2, 0.25) is 0 Å². The van der Waals surface area contributed by atoms with Gasteiger partial charge < -0.3 is 9.47 Å². The summed E-state index contributed by atoms with van der Waals surface area (Å²) in [6, 6.07) is 19.7. The van der Waals surface area contributed by atoms with Crippen molar-refractivity contribution in [3.05, 3.63) is 77.4 Å². The fourth-order valence-electron chi connectivity index (χ4n) is 6.93. The molecule has 2 fully saturated rings. The first-order chi connectivity index (χ1) is 14.2. The Balaban J connectivity index is 2.12. The van der Waals surface area contributed by atoms with E-state index >= 15 is 0 Å². The van der Waals surface area contributed by atoms with Gasteiger partial charge in [0.1, 0.15) is 10.8 Å². The minimum absolute atomic E-state index is 0.364. The smallest absolute Gasteiger partial charge is 0.318 e. The summed E-state index contributed by atoms with van der Waals surface area (Å²) < 4.78 is 10.8. The van der Waals surface area contributed by atoms with Gasteiger partial charge in [0, 0.05) is 5.41 Å². The highest BCUT2D eigenvalue weighted by Crippen LogP contribution is 3.07. The van der Waals surface area contributed by atoms with Crippen LogP contribution in [0.15, 0.2) is 66.2 Å². The highest BCUT2D eigenvalue weighted by Gasteiger charge is 3.16. The molecule has 2 aliphatic carbocycles. The summed E-state index contributed by atoms with van der Waals surface area (Å²) in [7, 11) is 2.79. The summed E-state index contributed by atoms with van der Waals surface area (Å²) in [6.07, 6.45) is 0. The number of allylic oxidation sites excluding steroid dienone is 1. The molecule has 2 saturated carbocycles. The number of methoxy groups -OCH3 is 2. The van der Waals surface area contributed by atoms with E-state index < -0.39 is 27.6 Å². The van der Waals surface area contributed by atoms with Gasteiger partial charge in [-0.25, -0.2) is 0 Å². The molecule has 2 aliphatic rings. The van der Waals surface area contributed by atoms with E-state index in [0.29, 0.717) is 0 Å². The summed E-state index contributed by atoms with van der Waals surface area (Å²) in [5.74, 6) is -0.757. The van der Waals surface area contributed by atoms with Gasteiger partial charge in [0.05, 0.1) is 14.2 Å². The Labute approximate surface area is 177 Å². The lowest BCUT2D eigenvalue weighted by molar-refractivity contribution is -0.159. The zero-order valence-corrected chi connectivity index (χ0v) is 18.4. The Hall–Kier alpha value is -2.88. The molecule has 156 valence electrons. The molecule has 0 radical (unpaired) electrons. The zero-order chi connectivity index (χ0) is 21.9. The SMILES string of the molecule is COC(=O)C1(C(=C(C)C)c2ccccc2)C2(C(=O)OC)C(C)(C)C12c1ccccc1. The van der Waals surface area contributed by atoms with Gasteiger partial charge in [-0.1, -0.05) is 80.1 Å². The standard InChI is InChI=1S/C26H28O4/c1-17(2)20(18-13-9-7-10-14-18)24(21(27)29-5)25(19-15-11-8-12-16-19)23(3,4)26(24,25)22(28)30-6/h7-16H,1-6H3. The maximum atomic E-state index is 13.7. The largest absolute Gasteiger partial charge is 0.469 e. The molecule has 2 aromatic rings. The predicted molar refractivity (Wildman–Crippen MR) is 116 cm³/mol. The van der Waals surface area contributed by atoms with Gasteiger partial charge in [-0.2, -0.15) is 0 Å². The number of carbonyl (C=O) groups is 2. The van der Waals surface area contributed by atoms with Crippen LogP contribution in [0.25, 0.3) is 5.57 Å². The lowest BCUT2D eigenvalue weighted by atomic mass is 9.62. The topological polar surface area (TPSA) is 52.6 Å². The summed E-state index contributed by atoms with van der Waals surface area (Å²) in [5.41, 5.74) is 0.322. The maximum absolute atomic E-state index is 13.7. The van der Waals surface area contributed by atoms with Crippen molar-refractivity contribution in [3.8, 4) is 0 Å². The van der Waals surface area contributed by atoms with Crippen LogP contribution in [-0.2, 0) is 24.5 Å². The van der Waals surface area contributed by atoms with E-state index in [-0.39, 0.29) is 5.97 Å². The van der Waals surface area contributed by atoms with Gasteiger partial charge in [0.2, 0.25) is 0 Å². The molecule has 0 bridgehead atoms. The van der Waals surface area contributed by atoms with E-state index in [1.807, 2.05) is 88.4 Å². The van der Waals surface area contributed by atoms with E-state index in [1.165, 1.54) is 14.2 Å². The molecule has 0 aromatic heterocycles. The Kier molecular flexibility index (Phi) is 4.29. The summed E-state index contributed by atoms with van der Waals surface area (Å²) in [6.45, 7) is 8.07. The summed E-state index contributed by atoms with van der Waals surface area (Å²) in [5, 5.41) is 0. The van der Waals surface area contributed by atoms with Gasteiger partial charge in [0.15, 0.2) is 0 Å². The minimum atomic E-state index is -1.15. The molecule has 30 heavy (non-hydrogen) atoms. The maximum Gasteiger partial charge on any atom is 0.318 e. The van der Waals surface area contributed by atoms with Crippen molar-refractivity contribution in [2.75, 3.05) is 14.2 Å². The quantitative estimate of drug-likeness (QED) is 0.673. The van der Waals surface area contributed by atoms with Gasteiger partial charge in [0.25, 0.3) is 0 Å². The number of hydrogen-bond acceptors (Lipinski definition) is 4. The molecule has 4 nitrogen and oxygen atoms in total. The van der Waals surface area contributed by atoms with Crippen molar-refractivity contribution in [1.82, 2.24) is 0 Å². The van der Waals surface area contributed by atoms with Crippen molar-refractivity contribution in [3.63, 3.8) is 0 Å². The first kappa shape index (κ1) is 20.4. The normalized spacial score (nSPS) is 29.9. The van der Waals surface area contributed by atoms with E-state index in [9.17, 15) is 9.59 Å². The first-order valence-electron chi connectivity index (χ1n) is 10.2.